The van der Waals surface area contributed by atoms with Crippen molar-refractivity contribution >= 4 is 5.91 Å². The summed E-state index contributed by atoms with van der Waals surface area (Å²) < 4.78 is 22.7. The third-order valence-electron chi connectivity index (χ3n) is 12.3. The molecule has 2 aliphatic rings. The third-order valence-corrected chi connectivity index (χ3v) is 12.3. The van der Waals surface area contributed by atoms with Crippen LogP contribution in [0.3, 0.4) is 0 Å². The van der Waals surface area contributed by atoms with Gasteiger partial charge >= 0.3 is 0 Å². The summed E-state index contributed by atoms with van der Waals surface area (Å²) in [5, 5.41) is 86.7. The lowest BCUT2D eigenvalue weighted by atomic mass is 9.97. The Bertz CT molecular complexity index is 1020. The van der Waals surface area contributed by atoms with Crippen molar-refractivity contribution in [2.75, 3.05) is 19.8 Å². The second-order valence-electron chi connectivity index (χ2n) is 17.6. The van der Waals surface area contributed by atoms with Gasteiger partial charge in [0.05, 0.1) is 32.0 Å². The van der Waals surface area contributed by atoms with Crippen molar-refractivity contribution in [1.29, 1.82) is 0 Å². The van der Waals surface area contributed by atoms with Crippen molar-refractivity contribution < 1.29 is 64.6 Å². The number of hydrogen-bond acceptors (Lipinski definition) is 13. The fourth-order valence-corrected chi connectivity index (χ4v) is 8.30. The summed E-state index contributed by atoms with van der Waals surface area (Å²) in [4.78, 5) is 13.1. The van der Waals surface area contributed by atoms with Crippen LogP contribution in [0.15, 0.2) is 0 Å². The highest BCUT2D eigenvalue weighted by Crippen LogP contribution is 2.30. The zero-order chi connectivity index (χ0) is 44.0. The number of aliphatic hydroxyl groups is 8. The molecule has 0 aromatic rings. The highest BCUT2D eigenvalue weighted by Gasteiger charge is 2.51. The molecule has 60 heavy (non-hydrogen) atoms. The van der Waals surface area contributed by atoms with Crippen LogP contribution in [0.2, 0.25) is 0 Å². The minimum Gasteiger partial charge on any atom is -0.394 e. The number of rotatable bonds is 37. The molecule has 14 nitrogen and oxygen atoms in total. The maximum atomic E-state index is 13.1. The molecule has 0 aromatic carbocycles. The van der Waals surface area contributed by atoms with Gasteiger partial charge in [-0.1, -0.05) is 174 Å². The molecule has 2 aliphatic heterocycles. The maximum absolute atomic E-state index is 13.1. The van der Waals surface area contributed by atoms with Crippen LogP contribution in [0.4, 0.5) is 0 Å². The quantitative estimate of drug-likeness (QED) is 0.0356. The molecule has 2 fully saturated rings. The van der Waals surface area contributed by atoms with E-state index in [1.165, 1.54) is 116 Å². The van der Waals surface area contributed by atoms with E-state index in [9.17, 15) is 45.6 Å². The van der Waals surface area contributed by atoms with Crippen LogP contribution in [-0.4, -0.2) is 140 Å². The number of amides is 1. The van der Waals surface area contributed by atoms with E-state index in [2.05, 4.69) is 19.2 Å². The van der Waals surface area contributed by atoms with Gasteiger partial charge in [0.2, 0.25) is 5.91 Å². The Kier molecular flexibility index (Phi) is 31.6. The predicted molar refractivity (Wildman–Crippen MR) is 231 cm³/mol. The zero-order valence-corrected chi connectivity index (χ0v) is 37.5. The molecular weight excluding hydrogens is 774 g/mol. The smallest absolute Gasteiger partial charge is 0.220 e. The zero-order valence-electron chi connectivity index (χ0n) is 37.5. The fraction of sp³-hybridized carbons (Fsp3) is 0.978. The van der Waals surface area contributed by atoms with Crippen LogP contribution in [0.1, 0.15) is 194 Å². The Labute approximate surface area is 362 Å². The standard InChI is InChI=1S/C46H89NO13/c1-3-5-7-9-11-13-15-17-19-21-23-25-27-29-35(50)34(47-38(51)30-28-26-24-22-20-18-16-14-12-10-8-6-4-2)33-57-45-43(56)41(54)44(37(32-49)59-45)60-46-42(55)40(53)39(52)36(31-48)58-46/h34-37,39-46,48-50,52-56H,3-33H2,1-2H3,(H,47,51). The van der Waals surface area contributed by atoms with Gasteiger partial charge in [0.15, 0.2) is 12.6 Å². The van der Waals surface area contributed by atoms with E-state index in [4.69, 9.17) is 18.9 Å². The maximum Gasteiger partial charge on any atom is 0.220 e. The molecule has 2 heterocycles. The molecule has 9 N–H and O–H groups in total. The summed E-state index contributed by atoms with van der Waals surface area (Å²) in [5.74, 6) is -0.206. The number of ether oxygens (including phenoxy) is 4. The van der Waals surface area contributed by atoms with Gasteiger partial charge < -0.3 is 65.1 Å². The van der Waals surface area contributed by atoms with Crippen LogP contribution in [0.5, 0.6) is 0 Å². The SMILES string of the molecule is CCCCCCCCCCCCCCCC(=O)NC(COC1OC(CO)C(OC2OC(CO)C(O)C(O)C2O)C(O)C1O)C(O)CCCCCCCCCCCCCCC. The first-order chi connectivity index (χ1) is 29.1. The lowest BCUT2D eigenvalue weighted by Crippen LogP contribution is -2.65. The fourth-order valence-electron chi connectivity index (χ4n) is 8.30. The van der Waals surface area contributed by atoms with Gasteiger partial charge in [0.25, 0.3) is 0 Å². The molecule has 2 saturated heterocycles. The second kappa shape index (κ2) is 34.4. The topological polar surface area (TPSA) is 228 Å². The van der Waals surface area contributed by atoms with Crippen LogP contribution in [0.25, 0.3) is 0 Å². The molecule has 0 bridgehead atoms. The molecular formula is C46H89NO13. The molecule has 0 saturated carbocycles. The first-order valence-electron chi connectivity index (χ1n) is 24.3. The Morgan fingerprint density at radius 1 is 0.533 bits per heavy atom. The molecule has 356 valence electrons. The summed E-state index contributed by atoms with van der Waals surface area (Å²) in [6, 6.07) is -0.819. The van der Waals surface area contributed by atoms with Crippen molar-refractivity contribution in [2.45, 2.75) is 267 Å². The summed E-state index contributed by atoms with van der Waals surface area (Å²) in [5.41, 5.74) is 0. The summed E-state index contributed by atoms with van der Waals surface area (Å²) in [7, 11) is 0. The van der Waals surface area contributed by atoms with Crippen molar-refractivity contribution in [1.82, 2.24) is 5.32 Å². The van der Waals surface area contributed by atoms with Gasteiger partial charge in [0.1, 0.15) is 48.8 Å². The first-order valence-corrected chi connectivity index (χ1v) is 24.3. The average Bonchev–Trinajstić information content (AvgIpc) is 3.24. The molecule has 0 aromatic heterocycles. The van der Waals surface area contributed by atoms with Crippen molar-refractivity contribution in [2.24, 2.45) is 0 Å². The Morgan fingerprint density at radius 3 is 1.42 bits per heavy atom. The monoisotopic (exact) mass is 864 g/mol. The molecule has 1 amide bonds. The van der Waals surface area contributed by atoms with E-state index >= 15 is 0 Å². The van der Waals surface area contributed by atoms with Crippen LogP contribution in [0, 0.1) is 0 Å². The Morgan fingerprint density at radius 2 is 0.950 bits per heavy atom. The van der Waals surface area contributed by atoms with Gasteiger partial charge in [-0.3, -0.25) is 4.79 Å². The average molecular weight is 864 g/mol. The normalized spacial score (nSPS) is 28.2. The van der Waals surface area contributed by atoms with Gasteiger partial charge in [-0.2, -0.15) is 0 Å². The lowest BCUT2D eigenvalue weighted by molar-refractivity contribution is -0.359. The lowest BCUT2D eigenvalue weighted by Gasteiger charge is -2.46. The van der Waals surface area contributed by atoms with E-state index < -0.39 is 86.8 Å². The number of unbranched alkanes of at least 4 members (excludes halogenated alkanes) is 24. The molecule has 12 unspecified atom stereocenters. The minimum atomic E-state index is -1.78. The summed E-state index contributed by atoms with van der Waals surface area (Å²) in [6.07, 6.45) is 15.3. The van der Waals surface area contributed by atoms with E-state index in [1.54, 1.807) is 0 Å². The number of hydrogen-bond donors (Lipinski definition) is 9. The van der Waals surface area contributed by atoms with Gasteiger partial charge in [0, 0.05) is 6.42 Å². The van der Waals surface area contributed by atoms with E-state index in [1.807, 2.05) is 0 Å². The number of carbonyl (C=O) groups is 1. The highest BCUT2D eigenvalue weighted by atomic mass is 16.7. The predicted octanol–water partition coefficient (Wildman–Crippen LogP) is 5.44. The van der Waals surface area contributed by atoms with E-state index in [0.717, 1.165) is 51.4 Å². The number of carbonyl (C=O) groups excluding carboxylic acids is 1. The second-order valence-corrected chi connectivity index (χ2v) is 17.6. The van der Waals surface area contributed by atoms with Gasteiger partial charge in [-0.05, 0) is 12.8 Å². The number of nitrogens with one attached hydrogen (secondary N) is 1. The van der Waals surface area contributed by atoms with E-state index in [0.29, 0.717) is 12.8 Å². The molecule has 2 rings (SSSR count). The van der Waals surface area contributed by atoms with Crippen LogP contribution < -0.4 is 5.32 Å². The Balaban J connectivity index is 1.86. The molecule has 0 radical (unpaired) electrons. The van der Waals surface area contributed by atoms with Crippen molar-refractivity contribution in [3.05, 3.63) is 0 Å². The minimum absolute atomic E-state index is 0.206. The number of aliphatic hydroxyl groups excluding tert-OH is 8. The first kappa shape index (κ1) is 55.1. The van der Waals surface area contributed by atoms with Crippen LogP contribution in [-0.2, 0) is 23.7 Å². The highest BCUT2D eigenvalue weighted by molar-refractivity contribution is 5.76. The molecule has 14 heteroatoms. The molecule has 0 aliphatic carbocycles. The van der Waals surface area contributed by atoms with Gasteiger partial charge in [-0.25, -0.2) is 0 Å². The summed E-state index contributed by atoms with van der Waals surface area (Å²) >= 11 is 0. The van der Waals surface area contributed by atoms with Gasteiger partial charge in [-0.15, -0.1) is 0 Å². The van der Waals surface area contributed by atoms with Crippen molar-refractivity contribution in [3.8, 4) is 0 Å². The van der Waals surface area contributed by atoms with Crippen molar-refractivity contribution in [3.63, 3.8) is 0 Å². The summed E-state index contributed by atoms with van der Waals surface area (Å²) in [6.45, 7) is 2.84. The molecule has 12 atom stereocenters. The third kappa shape index (κ3) is 22.1. The Hall–Kier alpha value is -1.01. The molecule has 0 spiro atoms. The van der Waals surface area contributed by atoms with Crippen LogP contribution >= 0.6 is 0 Å². The van der Waals surface area contributed by atoms with E-state index in [-0.39, 0.29) is 12.5 Å². The largest absolute Gasteiger partial charge is 0.394 e.